The number of nitrogens with one attached hydrogen (secondary N) is 3. The Labute approximate surface area is 268 Å². The molecule has 0 saturated carbocycles. The highest BCUT2D eigenvalue weighted by molar-refractivity contribution is 6.02. The lowest BCUT2D eigenvalue weighted by Gasteiger charge is -2.23. The van der Waals surface area contributed by atoms with Gasteiger partial charge in [-0.05, 0) is 56.4 Å². The highest BCUT2D eigenvalue weighted by Gasteiger charge is 2.27. The van der Waals surface area contributed by atoms with Gasteiger partial charge in [0.25, 0.3) is 0 Å². The Kier molecular flexibility index (Phi) is 13.1. The molecule has 0 aliphatic heterocycles. The van der Waals surface area contributed by atoms with Crippen LogP contribution < -0.4 is 20.7 Å². The van der Waals surface area contributed by atoms with E-state index in [-0.39, 0.29) is 36.5 Å². The number of nitrogens with zero attached hydrogens (tertiary/aromatic N) is 1. The lowest BCUT2D eigenvalue weighted by Crippen LogP contribution is -2.45. The fourth-order valence-electron chi connectivity index (χ4n) is 3.87. The number of hydrogen-bond acceptors (Lipinski definition) is 9. The minimum atomic E-state index is -0.973. The van der Waals surface area contributed by atoms with E-state index in [1.165, 1.54) is 12.1 Å². The Morgan fingerprint density at radius 2 is 1.28 bits per heavy atom. The predicted molar refractivity (Wildman–Crippen MR) is 171 cm³/mol. The van der Waals surface area contributed by atoms with E-state index in [0.717, 1.165) is 11.1 Å². The van der Waals surface area contributed by atoms with Crippen molar-refractivity contribution in [1.82, 2.24) is 16.0 Å². The van der Waals surface area contributed by atoms with Crippen LogP contribution in [-0.2, 0) is 32.2 Å². The molecule has 3 aromatic carbocycles. The van der Waals surface area contributed by atoms with Crippen LogP contribution in [0.5, 0.6) is 5.75 Å². The van der Waals surface area contributed by atoms with Gasteiger partial charge in [-0.2, -0.15) is 0 Å². The van der Waals surface area contributed by atoms with Gasteiger partial charge in [0.15, 0.2) is 0 Å². The second-order valence-corrected chi connectivity index (χ2v) is 11.6. The molecule has 1 atom stereocenters. The third kappa shape index (κ3) is 13.5. The van der Waals surface area contributed by atoms with Crippen LogP contribution in [0.3, 0.4) is 0 Å². The fraction of sp³-hybridized carbons (Fsp3) is 0.324. The predicted octanol–water partition coefficient (Wildman–Crippen LogP) is 6.37. The zero-order valence-corrected chi connectivity index (χ0v) is 26.6. The summed E-state index contributed by atoms with van der Waals surface area (Å²) in [6.07, 6.45) is -2.19. The molecule has 0 aliphatic rings. The van der Waals surface area contributed by atoms with Crippen molar-refractivity contribution in [2.75, 3.05) is 0 Å². The number of carbonyl (C=O) groups excluding carboxylic acids is 4. The second-order valence-electron chi connectivity index (χ2n) is 11.6. The molecule has 3 aromatic rings. The van der Waals surface area contributed by atoms with Gasteiger partial charge >= 0.3 is 24.2 Å². The van der Waals surface area contributed by atoms with Crippen molar-refractivity contribution in [3.8, 4) is 5.75 Å². The number of esters is 1. The molecule has 46 heavy (non-hydrogen) atoms. The maximum absolute atomic E-state index is 13.1. The van der Waals surface area contributed by atoms with Crippen LogP contribution in [0.25, 0.3) is 0 Å². The number of hydrogen-bond donors (Lipinski definition) is 3. The summed E-state index contributed by atoms with van der Waals surface area (Å²) in [5, 5.41) is 7.40. The molecule has 244 valence electrons. The number of ether oxygens (including phenoxy) is 4. The lowest BCUT2D eigenvalue weighted by molar-refractivity contribution is -0.137. The first-order valence-electron chi connectivity index (χ1n) is 14.7. The standard InChI is InChI=1S/C34H40N4O8/c1-23(2)19-28(36-33(42)46-34(3,4)5)29(39)45-27-18-12-17-26(20-27)35-30(37-31(40)43-21-24-13-8-6-9-14-24)38-32(41)44-22-25-15-10-7-11-16-25/h6-18,20,23,28H,19,21-22H2,1-5H3,(H,36,42)(H2,35,37,38,40,41)/t28-/m0/s1. The number of amides is 3. The molecule has 0 unspecified atom stereocenters. The summed E-state index contributed by atoms with van der Waals surface area (Å²) < 4.78 is 21.4. The molecule has 0 spiro atoms. The smallest absolute Gasteiger partial charge is 0.414 e. The summed E-state index contributed by atoms with van der Waals surface area (Å²) in [5.41, 5.74) is 0.993. The highest BCUT2D eigenvalue weighted by atomic mass is 16.6. The normalized spacial score (nSPS) is 11.4. The van der Waals surface area contributed by atoms with E-state index in [1.54, 1.807) is 57.2 Å². The Bertz CT molecular complexity index is 1430. The van der Waals surface area contributed by atoms with Gasteiger partial charge in [0, 0.05) is 6.07 Å². The number of benzene rings is 3. The lowest BCUT2D eigenvalue weighted by atomic mass is 10.0. The topological polar surface area (TPSA) is 154 Å². The average molecular weight is 633 g/mol. The third-order valence-electron chi connectivity index (χ3n) is 5.83. The number of alkyl carbamates (subject to hydrolysis) is 3. The van der Waals surface area contributed by atoms with E-state index in [2.05, 4.69) is 20.9 Å². The van der Waals surface area contributed by atoms with Crippen LogP contribution in [0.15, 0.2) is 89.9 Å². The molecule has 0 aromatic heterocycles. The summed E-state index contributed by atoms with van der Waals surface area (Å²) in [5.74, 6) is -0.815. The number of guanidine groups is 1. The minimum absolute atomic E-state index is 0.0152. The average Bonchev–Trinajstić information content (AvgIpc) is 2.98. The van der Waals surface area contributed by atoms with E-state index in [1.807, 2.05) is 50.2 Å². The first-order valence-corrected chi connectivity index (χ1v) is 14.7. The zero-order chi connectivity index (χ0) is 33.5. The Morgan fingerprint density at radius 3 is 1.78 bits per heavy atom. The summed E-state index contributed by atoms with van der Waals surface area (Å²) >= 11 is 0. The molecule has 12 heteroatoms. The molecular formula is C34H40N4O8. The second kappa shape index (κ2) is 17.2. The summed E-state index contributed by atoms with van der Waals surface area (Å²) in [4.78, 5) is 55.0. The summed E-state index contributed by atoms with van der Waals surface area (Å²) in [7, 11) is 0. The van der Waals surface area contributed by atoms with Gasteiger partial charge in [0.05, 0.1) is 5.69 Å². The molecule has 0 aliphatic carbocycles. The monoisotopic (exact) mass is 632 g/mol. The highest BCUT2D eigenvalue weighted by Crippen LogP contribution is 2.21. The van der Waals surface area contributed by atoms with Crippen LogP contribution in [-0.4, -0.2) is 41.9 Å². The third-order valence-corrected chi connectivity index (χ3v) is 5.83. The van der Waals surface area contributed by atoms with Crippen molar-refractivity contribution in [3.05, 3.63) is 96.1 Å². The van der Waals surface area contributed by atoms with Gasteiger partial charge in [-0.25, -0.2) is 24.2 Å². The van der Waals surface area contributed by atoms with Gasteiger partial charge in [-0.15, -0.1) is 0 Å². The van der Waals surface area contributed by atoms with Gasteiger partial charge in [-0.3, -0.25) is 10.6 Å². The Hall–Kier alpha value is -5.39. The molecular weight excluding hydrogens is 592 g/mol. The molecule has 0 bridgehead atoms. The molecule has 0 fully saturated rings. The maximum atomic E-state index is 13.1. The van der Waals surface area contributed by atoms with Crippen LogP contribution in [0.4, 0.5) is 20.1 Å². The van der Waals surface area contributed by atoms with Crippen LogP contribution >= 0.6 is 0 Å². The van der Waals surface area contributed by atoms with Crippen molar-refractivity contribution < 1.29 is 38.1 Å². The minimum Gasteiger partial charge on any atom is -0.444 e. The largest absolute Gasteiger partial charge is 0.444 e. The molecule has 0 saturated heterocycles. The quantitative estimate of drug-likeness (QED) is 0.0766. The number of rotatable bonds is 10. The first kappa shape index (κ1) is 35.1. The van der Waals surface area contributed by atoms with Gasteiger partial charge in [-0.1, -0.05) is 80.6 Å². The van der Waals surface area contributed by atoms with Crippen LogP contribution in [0.1, 0.15) is 52.2 Å². The molecule has 12 nitrogen and oxygen atoms in total. The number of aliphatic imine (C=N–C) groups is 1. The van der Waals surface area contributed by atoms with Gasteiger partial charge in [0.1, 0.15) is 30.6 Å². The van der Waals surface area contributed by atoms with Crippen molar-refractivity contribution in [2.45, 2.75) is 65.9 Å². The van der Waals surface area contributed by atoms with E-state index < -0.39 is 35.9 Å². The number of carbonyl (C=O) groups is 4. The first-order chi connectivity index (χ1) is 21.9. The van der Waals surface area contributed by atoms with Gasteiger partial charge in [0.2, 0.25) is 5.96 Å². The van der Waals surface area contributed by atoms with E-state index in [4.69, 9.17) is 18.9 Å². The summed E-state index contributed by atoms with van der Waals surface area (Å²) in [6.45, 7) is 8.94. The van der Waals surface area contributed by atoms with Crippen molar-refractivity contribution in [3.63, 3.8) is 0 Å². The van der Waals surface area contributed by atoms with E-state index >= 15 is 0 Å². The molecule has 3 amide bonds. The molecule has 3 rings (SSSR count). The van der Waals surface area contributed by atoms with Crippen molar-refractivity contribution >= 4 is 35.9 Å². The zero-order valence-electron chi connectivity index (χ0n) is 26.6. The SMILES string of the molecule is CC(C)C[C@H](NC(=O)OC(C)(C)C)C(=O)Oc1cccc(N=C(NC(=O)OCc2ccccc2)NC(=O)OCc2ccccc2)c1. The van der Waals surface area contributed by atoms with E-state index in [9.17, 15) is 19.2 Å². The van der Waals surface area contributed by atoms with Crippen molar-refractivity contribution in [1.29, 1.82) is 0 Å². The van der Waals surface area contributed by atoms with E-state index in [0.29, 0.717) is 6.42 Å². The Balaban J connectivity index is 1.74. The molecule has 0 radical (unpaired) electrons. The summed E-state index contributed by atoms with van der Waals surface area (Å²) in [6, 6.07) is 23.2. The Morgan fingerprint density at radius 1 is 0.739 bits per heavy atom. The van der Waals surface area contributed by atoms with Gasteiger partial charge < -0.3 is 24.3 Å². The van der Waals surface area contributed by atoms with Crippen molar-refractivity contribution in [2.24, 2.45) is 10.9 Å². The van der Waals surface area contributed by atoms with Crippen LogP contribution in [0, 0.1) is 5.92 Å². The molecule has 0 heterocycles. The van der Waals surface area contributed by atoms with Crippen LogP contribution in [0.2, 0.25) is 0 Å². The molecule has 3 N–H and O–H groups in total. The maximum Gasteiger partial charge on any atom is 0.414 e. The fourth-order valence-corrected chi connectivity index (χ4v) is 3.87.